The van der Waals surface area contributed by atoms with Gasteiger partial charge in [0.05, 0.1) is 20.3 Å². The number of benzene rings is 1. The van der Waals surface area contributed by atoms with Gasteiger partial charge >= 0.3 is 5.97 Å². The number of hydrogen-bond donors (Lipinski definition) is 1. The molecule has 1 N–H and O–H groups in total. The number of thiophene rings is 1. The lowest BCUT2D eigenvalue weighted by atomic mass is 10.2. The highest BCUT2D eigenvalue weighted by Gasteiger charge is 2.31. The van der Waals surface area contributed by atoms with Gasteiger partial charge in [-0.1, -0.05) is 30.3 Å². The number of morpholine rings is 1. The fraction of sp³-hybridized carbons (Fsp3) is 0.294. The van der Waals surface area contributed by atoms with E-state index in [1.807, 2.05) is 36.4 Å². The van der Waals surface area contributed by atoms with E-state index in [-0.39, 0.29) is 19.1 Å². The molecule has 1 unspecified atom stereocenters. The SMILES string of the molecule is COc1cc(-c2ccccc2)sc1C(=O)N1CCOC(C(=O)O)C1. The Morgan fingerprint density at radius 3 is 2.75 bits per heavy atom. The maximum absolute atomic E-state index is 12.8. The number of carboxylic acids is 1. The number of aliphatic carboxylic acids is 1. The monoisotopic (exact) mass is 347 g/mol. The Morgan fingerprint density at radius 2 is 2.08 bits per heavy atom. The molecule has 0 aliphatic carbocycles. The van der Waals surface area contributed by atoms with E-state index in [0.29, 0.717) is 17.2 Å². The highest BCUT2D eigenvalue weighted by molar-refractivity contribution is 7.17. The van der Waals surface area contributed by atoms with Crippen LogP contribution in [0.1, 0.15) is 9.67 Å². The van der Waals surface area contributed by atoms with Crippen molar-refractivity contribution in [1.29, 1.82) is 0 Å². The van der Waals surface area contributed by atoms with E-state index < -0.39 is 12.1 Å². The Hall–Kier alpha value is -2.38. The first kappa shape index (κ1) is 16.5. The highest BCUT2D eigenvalue weighted by Crippen LogP contribution is 2.37. The number of carboxylic acid groups (broad SMARTS) is 1. The predicted octanol–water partition coefficient (Wildman–Crippen LogP) is 2.35. The summed E-state index contributed by atoms with van der Waals surface area (Å²) in [6, 6.07) is 11.6. The van der Waals surface area contributed by atoms with Gasteiger partial charge in [0.2, 0.25) is 0 Å². The molecule has 1 aliphatic heterocycles. The van der Waals surface area contributed by atoms with Gasteiger partial charge in [0.1, 0.15) is 10.6 Å². The zero-order valence-electron chi connectivity index (χ0n) is 13.1. The van der Waals surface area contributed by atoms with E-state index >= 15 is 0 Å². The van der Waals surface area contributed by atoms with Crippen LogP contribution in [0.4, 0.5) is 0 Å². The van der Waals surface area contributed by atoms with Crippen molar-refractivity contribution in [1.82, 2.24) is 4.90 Å². The van der Waals surface area contributed by atoms with Gasteiger partial charge in [0.25, 0.3) is 5.91 Å². The Bertz CT molecular complexity index is 743. The van der Waals surface area contributed by atoms with Crippen molar-refractivity contribution >= 4 is 23.2 Å². The number of rotatable bonds is 4. The smallest absolute Gasteiger partial charge is 0.334 e. The van der Waals surface area contributed by atoms with Crippen LogP contribution in [0.5, 0.6) is 5.75 Å². The average Bonchev–Trinajstić information content (AvgIpc) is 3.06. The molecule has 1 aromatic carbocycles. The molecule has 3 rings (SSSR count). The normalized spacial score (nSPS) is 17.5. The molecule has 2 heterocycles. The minimum absolute atomic E-state index is 0.0376. The highest BCUT2D eigenvalue weighted by atomic mass is 32.1. The van der Waals surface area contributed by atoms with Gasteiger partial charge in [0, 0.05) is 11.4 Å². The molecule has 2 aromatic rings. The fourth-order valence-corrected chi connectivity index (χ4v) is 3.65. The van der Waals surface area contributed by atoms with Gasteiger partial charge in [-0.05, 0) is 11.6 Å². The summed E-state index contributed by atoms with van der Waals surface area (Å²) >= 11 is 1.34. The molecule has 24 heavy (non-hydrogen) atoms. The first-order chi connectivity index (χ1) is 11.6. The summed E-state index contributed by atoms with van der Waals surface area (Å²) in [6.07, 6.45) is -0.984. The summed E-state index contributed by atoms with van der Waals surface area (Å²) in [5.41, 5.74) is 1.00. The average molecular weight is 347 g/mol. The first-order valence-electron chi connectivity index (χ1n) is 7.47. The van der Waals surface area contributed by atoms with Crippen LogP contribution in [0.2, 0.25) is 0 Å². The van der Waals surface area contributed by atoms with E-state index in [1.54, 1.807) is 0 Å². The Morgan fingerprint density at radius 1 is 1.33 bits per heavy atom. The van der Waals surface area contributed by atoms with Gasteiger partial charge in [-0.2, -0.15) is 0 Å². The van der Waals surface area contributed by atoms with E-state index in [9.17, 15) is 9.59 Å². The van der Waals surface area contributed by atoms with Crippen molar-refractivity contribution in [2.45, 2.75) is 6.10 Å². The van der Waals surface area contributed by atoms with Gasteiger partial charge < -0.3 is 19.5 Å². The maximum Gasteiger partial charge on any atom is 0.334 e. The number of hydrogen-bond acceptors (Lipinski definition) is 5. The predicted molar refractivity (Wildman–Crippen MR) is 89.6 cm³/mol. The van der Waals surface area contributed by atoms with Gasteiger partial charge in [-0.25, -0.2) is 4.79 Å². The van der Waals surface area contributed by atoms with E-state index in [4.69, 9.17) is 14.6 Å². The second-order valence-corrected chi connectivity index (χ2v) is 6.38. The Labute approximate surface area is 143 Å². The molecule has 0 radical (unpaired) electrons. The van der Waals surface area contributed by atoms with E-state index in [0.717, 1.165) is 10.4 Å². The van der Waals surface area contributed by atoms with Crippen LogP contribution in [-0.4, -0.2) is 54.8 Å². The van der Waals surface area contributed by atoms with Crippen LogP contribution >= 0.6 is 11.3 Å². The van der Waals surface area contributed by atoms with Crippen molar-refractivity contribution in [3.63, 3.8) is 0 Å². The number of carbonyl (C=O) groups excluding carboxylic acids is 1. The number of amides is 1. The molecule has 1 aromatic heterocycles. The van der Waals surface area contributed by atoms with Crippen LogP contribution < -0.4 is 4.74 Å². The third-order valence-corrected chi connectivity index (χ3v) is 4.95. The number of ether oxygens (including phenoxy) is 2. The van der Waals surface area contributed by atoms with Crippen molar-refractivity contribution in [3.8, 4) is 16.2 Å². The molecular weight excluding hydrogens is 330 g/mol. The first-order valence-corrected chi connectivity index (χ1v) is 8.28. The molecule has 7 heteroatoms. The molecule has 1 atom stereocenters. The fourth-order valence-electron chi connectivity index (χ4n) is 2.55. The summed E-state index contributed by atoms with van der Waals surface area (Å²) in [5.74, 6) is -0.786. The van der Waals surface area contributed by atoms with Crippen molar-refractivity contribution in [2.75, 3.05) is 26.8 Å². The standard InChI is InChI=1S/C17H17NO5S/c1-22-12-9-14(11-5-3-2-4-6-11)24-15(12)16(19)18-7-8-23-13(10-18)17(20)21/h2-6,9,13H,7-8,10H2,1H3,(H,20,21). The third-order valence-electron chi connectivity index (χ3n) is 3.80. The summed E-state index contributed by atoms with van der Waals surface area (Å²) in [6.45, 7) is 0.613. The second kappa shape index (κ2) is 7.02. The molecule has 1 fully saturated rings. The van der Waals surface area contributed by atoms with Crippen LogP contribution in [0, 0.1) is 0 Å². The van der Waals surface area contributed by atoms with Crippen molar-refractivity contribution in [2.24, 2.45) is 0 Å². The van der Waals surface area contributed by atoms with Crippen molar-refractivity contribution < 1.29 is 24.2 Å². The lowest BCUT2D eigenvalue weighted by Crippen LogP contribution is -2.48. The molecule has 1 aliphatic rings. The summed E-state index contributed by atoms with van der Waals surface area (Å²) in [4.78, 5) is 26.8. The van der Waals surface area contributed by atoms with Crippen LogP contribution in [0.25, 0.3) is 10.4 Å². The Kier molecular flexibility index (Phi) is 4.82. The summed E-state index contributed by atoms with van der Waals surface area (Å²) < 4.78 is 10.5. The molecular formula is C17H17NO5S. The minimum Gasteiger partial charge on any atom is -0.495 e. The minimum atomic E-state index is -1.06. The lowest BCUT2D eigenvalue weighted by molar-refractivity contribution is -0.154. The Balaban J connectivity index is 1.87. The number of methoxy groups -OCH3 is 1. The van der Waals surface area contributed by atoms with Crippen LogP contribution in [0.3, 0.4) is 0 Å². The zero-order valence-corrected chi connectivity index (χ0v) is 13.9. The zero-order chi connectivity index (χ0) is 17.1. The van der Waals surface area contributed by atoms with Gasteiger partial charge in [0.15, 0.2) is 6.10 Å². The third kappa shape index (κ3) is 3.27. The van der Waals surface area contributed by atoms with Crippen LogP contribution in [-0.2, 0) is 9.53 Å². The van der Waals surface area contributed by atoms with Crippen molar-refractivity contribution in [3.05, 3.63) is 41.3 Å². The second-order valence-electron chi connectivity index (χ2n) is 5.32. The molecule has 126 valence electrons. The molecule has 6 nitrogen and oxygen atoms in total. The number of carbonyl (C=O) groups is 2. The molecule has 0 bridgehead atoms. The largest absolute Gasteiger partial charge is 0.495 e. The van der Waals surface area contributed by atoms with E-state index in [1.165, 1.54) is 23.3 Å². The van der Waals surface area contributed by atoms with Crippen LogP contribution in [0.15, 0.2) is 36.4 Å². The molecule has 0 spiro atoms. The summed E-state index contributed by atoms with van der Waals surface area (Å²) in [5, 5.41) is 9.08. The topological polar surface area (TPSA) is 76.1 Å². The van der Waals surface area contributed by atoms with Gasteiger partial charge in [-0.3, -0.25) is 4.79 Å². The lowest BCUT2D eigenvalue weighted by Gasteiger charge is -2.30. The maximum atomic E-state index is 12.8. The molecule has 0 saturated carbocycles. The quantitative estimate of drug-likeness (QED) is 0.919. The number of nitrogens with zero attached hydrogens (tertiary/aromatic N) is 1. The molecule has 1 saturated heterocycles. The summed E-state index contributed by atoms with van der Waals surface area (Å²) in [7, 11) is 1.52. The molecule has 1 amide bonds. The van der Waals surface area contributed by atoms with E-state index in [2.05, 4.69) is 0 Å². The van der Waals surface area contributed by atoms with Gasteiger partial charge in [-0.15, -0.1) is 11.3 Å².